The third kappa shape index (κ3) is 3.33. The molecule has 18 heavy (non-hydrogen) atoms. The van der Waals surface area contributed by atoms with Crippen molar-refractivity contribution in [3.63, 3.8) is 0 Å². The van der Waals surface area contributed by atoms with Gasteiger partial charge in [0.25, 0.3) is 0 Å². The quantitative estimate of drug-likeness (QED) is 0.881. The summed E-state index contributed by atoms with van der Waals surface area (Å²) < 4.78 is 13.9. The maximum atomic E-state index is 13.4. The number of hydrogen-bond donors (Lipinski definition) is 1. The van der Waals surface area contributed by atoms with Crippen LogP contribution in [0.3, 0.4) is 0 Å². The second-order valence-electron chi connectivity index (χ2n) is 5.50. The maximum absolute atomic E-state index is 13.4. The molecular weight excluding hydrogens is 295 g/mol. The van der Waals surface area contributed by atoms with E-state index in [2.05, 4.69) is 22.9 Å². The molecule has 0 bridgehead atoms. The van der Waals surface area contributed by atoms with Gasteiger partial charge in [0.15, 0.2) is 0 Å². The van der Waals surface area contributed by atoms with Crippen LogP contribution in [0.4, 0.5) is 4.39 Å². The smallest absolute Gasteiger partial charge is 0.137 e. The van der Waals surface area contributed by atoms with E-state index in [9.17, 15) is 9.50 Å². The molecule has 100 valence electrons. The zero-order valence-corrected chi connectivity index (χ0v) is 12.3. The molecule has 0 heterocycles. The lowest BCUT2D eigenvalue weighted by atomic mass is 9.79. The average Bonchev–Trinajstić information content (AvgIpc) is 2.36. The molecule has 1 atom stereocenters. The Morgan fingerprint density at radius 3 is 2.67 bits per heavy atom. The lowest BCUT2D eigenvalue weighted by Crippen LogP contribution is -2.27. The summed E-state index contributed by atoms with van der Waals surface area (Å²) in [7, 11) is 0. The van der Waals surface area contributed by atoms with Crippen molar-refractivity contribution in [2.24, 2.45) is 11.8 Å². The lowest BCUT2D eigenvalue weighted by Gasteiger charge is -2.30. The van der Waals surface area contributed by atoms with Gasteiger partial charge >= 0.3 is 0 Å². The standard InChI is InChI=1S/C15H20BrFO/c1-10-5-7-11(8-6-10)14(18)9-12-3-2-4-13(17)15(12)16/h2-4,10-11,14,18H,5-9H2,1H3. The van der Waals surface area contributed by atoms with Gasteiger partial charge in [-0.2, -0.15) is 0 Å². The van der Waals surface area contributed by atoms with E-state index < -0.39 is 0 Å². The monoisotopic (exact) mass is 314 g/mol. The van der Waals surface area contributed by atoms with Crippen molar-refractivity contribution < 1.29 is 9.50 Å². The molecule has 0 radical (unpaired) electrons. The van der Waals surface area contributed by atoms with Gasteiger partial charge in [0.1, 0.15) is 5.82 Å². The van der Waals surface area contributed by atoms with Gasteiger partial charge in [-0.15, -0.1) is 0 Å². The molecule has 1 aliphatic rings. The fraction of sp³-hybridized carbons (Fsp3) is 0.600. The molecule has 0 aromatic heterocycles. The molecule has 1 fully saturated rings. The van der Waals surface area contributed by atoms with E-state index in [1.807, 2.05) is 6.07 Å². The molecule has 1 N–H and O–H groups in total. The Bertz CT molecular complexity index is 399. The third-order valence-electron chi connectivity index (χ3n) is 4.07. The second kappa shape index (κ2) is 6.16. The number of halogens is 2. The molecule has 1 aromatic carbocycles. The van der Waals surface area contributed by atoms with Crippen LogP contribution in [0.25, 0.3) is 0 Å². The van der Waals surface area contributed by atoms with E-state index in [0.29, 0.717) is 16.8 Å². The molecule has 0 aliphatic heterocycles. The van der Waals surface area contributed by atoms with E-state index in [1.165, 1.54) is 18.9 Å². The number of hydrogen-bond acceptors (Lipinski definition) is 1. The molecule has 1 aliphatic carbocycles. The Balaban J connectivity index is 1.98. The van der Waals surface area contributed by atoms with Gasteiger partial charge in [-0.05, 0) is 58.7 Å². The molecule has 2 rings (SSSR count). The predicted molar refractivity (Wildman–Crippen MR) is 74.9 cm³/mol. The summed E-state index contributed by atoms with van der Waals surface area (Å²) in [4.78, 5) is 0. The molecule has 1 aromatic rings. The first kappa shape index (κ1) is 14.0. The van der Waals surface area contributed by atoms with E-state index in [4.69, 9.17) is 0 Å². The Kier molecular flexibility index (Phi) is 4.79. The van der Waals surface area contributed by atoms with Crippen LogP contribution >= 0.6 is 15.9 Å². The minimum Gasteiger partial charge on any atom is -0.392 e. The molecule has 3 heteroatoms. The van der Waals surface area contributed by atoms with Crippen molar-refractivity contribution in [1.82, 2.24) is 0 Å². The average molecular weight is 315 g/mol. The van der Waals surface area contributed by atoms with Crippen LogP contribution in [0.1, 0.15) is 38.2 Å². The lowest BCUT2D eigenvalue weighted by molar-refractivity contribution is 0.0759. The minimum atomic E-state index is -0.351. The van der Waals surface area contributed by atoms with E-state index >= 15 is 0 Å². The maximum Gasteiger partial charge on any atom is 0.137 e. The zero-order valence-electron chi connectivity index (χ0n) is 10.7. The number of benzene rings is 1. The first-order chi connectivity index (χ1) is 8.58. The summed E-state index contributed by atoms with van der Waals surface area (Å²) in [6.07, 6.45) is 4.77. The van der Waals surface area contributed by atoms with Crippen LogP contribution in [0.15, 0.2) is 22.7 Å². The van der Waals surface area contributed by atoms with Crippen molar-refractivity contribution in [3.8, 4) is 0 Å². The zero-order chi connectivity index (χ0) is 13.1. The Morgan fingerprint density at radius 2 is 2.00 bits per heavy atom. The van der Waals surface area contributed by atoms with Crippen molar-refractivity contribution in [1.29, 1.82) is 0 Å². The largest absolute Gasteiger partial charge is 0.392 e. The number of rotatable bonds is 3. The summed E-state index contributed by atoms with van der Waals surface area (Å²) in [5.41, 5.74) is 0.862. The molecule has 0 spiro atoms. The van der Waals surface area contributed by atoms with Gasteiger partial charge < -0.3 is 5.11 Å². The van der Waals surface area contributed by atoms with Crippen molar-refractivity contribution in [2.75, 3.05) is 0 Å². The molecule has 1 unspecified atom stereocenters. The molecular formula is C15H20BrFO. The Morgan fingerprint density at radius 1 is 1.33 bits per heavy atom. The Labute approximate surface area is 117 Å². The fourth-order valence-corrected chi connectivity index (χ4v) is 3.19. The summed E-state index contributed by atoms with van der Waals surface area (Å²) in [6.45, 7) is 2.27. The topological polar surface area (TPSA) is 20.2 Å². The van der Waals surface area contributed by atoms with Crippen LogP contribution in [0.5, 0.6) is 0 Å². The van der Waals surface area contributed by atoms with Crippen LogP contribution in [0, 0.1) is 17.7 Å². The van der Waals surface area contributed by atoms with Crippen molar-refractivity contribution in [2.45, 2.75) is 45.1 Å². The molecule has 1 nitrogen and oxygen atoms in total. The van der Waals surface area contributed by atoms with E-state index in [0.717, 1.165) is 24.3 Å². The summed E-state index contributed by atoms with van der Waals surface area (Å²) >= 11 is 3.26. The van der Waals surface area contributed by atoms with Crippen LogP contribution in [-0.2, 0) is 6.42 Å². The van der Waals surface area contributed by atoms with Crippen molar-refractivity contribution >= 4 is 15.9 Å². The predicted octanol–water partition coefficient (Wildman–Crippen LogP) is 4.32. The van der Waals surface area contributed by atoms with Crippen molar-refractivity contribution in [3.05, 3.63) is 34.1 Å². The normalized spacial score (nSPS) is 26.0. The highest BCUT2D eigenvalue weighted by Gasteiger charge is 2.25. The van der Waals surface area contributed by atoms with Gasteiger partial charge in [-0.3, -0.25) is 0 Å². The second-order valence-corrected chi connectivity index (χ2v) is 6.30. The van der Waals surface area contributed by atoms with E-state index in [1.54, 1.807) is 6.07 Å². The van der Waals surface area contributed by atoms with E-state index in [-0.39, 0.29) is 11.9 Å². The van der Waals surface area contributed by atoms with Gasteiger partial charge in [-0.1, -0.05) is 31.9 Å². The molecule has 0 amide bonds. The van der Waals surface area contributed by atoms with Crippen LogP contribution in [0.2, 0.25) is 0 Å². The first-order valence-corrected chi connectivity index (χ1v) is 7.48. The van der Waals surface area contributed by atoms with Crippen LogP contribution < -0.4 is 0 Å². The minimum absolute atomic E-state index is 0.253. The third-order valence-corrected chi connectivity index (χ3v) is 4.95. The van der Waals surface area contributed by atoms with Crippen LogP contribution in [-0.4, -0.2) is 11.2 Å². The molecule has 0 saturated heterocycles. The summed E-state index contributed by atoms with van der Waals surface area (Å²) in [5.74, 6) is 0.905. The first-order valence-electron chi connectivity index (χ1n) is 6.69. The van der Waals surface area contributed by atoms with Gasteiger partial charge in [0.2, 0.25) is 0 Å². The highest BCUT2D eigenvalue weighted by molar-refractivity contribution is 9.10. The SMILES string of the molecule is CC1CCC(C(O)Cc2cccc(F)c2Br)CC1. The highest BCUT2D eigenvalue weighted by Crippen LogP contribution is 2.32. The molecule has 1 saturated carbocycles. The summed E-state index contributed by atoms with van der Waals surface area (Å²) in [6, 6.07) is 5.01. The number of aliphatic hydroxyl groups is 1. The van der Waals surface area contributed by atoms with Gasteiger partial charge in [0.05, 0.1) is 10.6 Å². The fourth-order valence-electron chi connectivity index (χ4n) is 2.77. The summed E-state index contributed by atoms with van der Waals surface area (Å²) in [5, 5.41) is 10.3. The highest BCUT2D eigenvalue weighted by atomic mass is 79.9. The van der Waals surface area contributed by atoms with Gasteiger partial charge in [-0.25, -0.2) is 4.39 Å². The number of aliphatic hydroxyl groups excluding tert-OH is 1. The Hall–Kier alpha value is -0.410. The van der Waals surface area contributed by atoms with Gasteiger partial charge in [0, 0.05) is 0 Å².